The van der Waals surface area contributed by atoms with Gasteiger partial charge in [0.2, 0.25) is 11.1 Å². The highest BCUT2D eigenvalue weighted by Gasteiger charge is 2.19. The van der Waals surface area contributed by atoms with Gasteiger partial charge in [-0.1, -0.05) is 49.0 Å². The maximum absolute atomic E-state index is 13.0. The molecule has 0 radical (unpaired) electrons. The Bertz CT molecular complexity index is 1400. The van der Waals surface area contributed by atoms with Gasteiger partial charge in [-0.15, -0.1) is 15.3 Å². The number of pyridine rings is 1. The Morgan fingerprint density at radius 2 is 1.97 bits per heavy atom. The number of aromatic amines is 1. The summed E-state index contributed by atoms with van der Waals surface area (Å²) in [6.07, 6.45) is 4.25. The monoisotopic (exact) mass is 404 g/mol. The Morgan fingerprint density at radius 3 is 2.69 bits per heavy atom. The Hall–Kier alpha value is -3.53. The van der Waals surface area contributed by atoms with E-state index in [0.29, 0.717) is 22.3 Å². The SMILES string of the molecule is CCc1nn2c(nnc3c(=O)n(-c4nc(SC)n[nH]4)ccc32)c1-c1ccccc1. The number of nitrogens with zero attached hydrogens (tertiary/aromatic N) is 7. The van der Waals surface area contributed by atoms with Crippen LogP contribution in [0.1, 0.15) is 12.6 Å². The van der Waals surface area contributed by atoms with Crippen LogP contribution < -0.4 is 5.56 Å². The molecule has 0 saturated carbocycles. The van der Waals surface area contributed by atoms with Crippen LogP contribution in [0, 0.1) is 0 Å². The molecule has 0 aliphatic carbocycles. The van der Waals surface area contributed by atoms with Crippen LogP contribution in [0.25, 0.3) is 33.8 Å². The molecule has 0 amide bonds. The van der Waals surface area contributed by atoms with Crippen molar-refractivity contribution in [2.24, 2.45) is 0 Å². The highest BCUT2D eigenvalue weighted by Crippen LogP contribution is 2.28. The third-order valence-corrected chi connectivity index (χ3v) is 5.26. The van der Waals surface area contributed by atoms with E-state index in [4.69, 9.17) is 5.10 Å². The molecule has 0 atom stereocenters. The number of hydrogen-bond acceptors (Lipinski definition) is 7. The van der Waals surface area contributed by atoms with Gasteiger partial charge in [-0.25, -0.2) is 9.61 Å². The van der Waals surface area contributed by atoms with E-state index in [9.17, 15) is 4.79 Å². The van der Waals surface area contributed by atoms with E-state index in [1.165, 1.54) is 16.3 Å². The minimum absolute atomic E-state index is 0.215. The lowest BCUT2D eigenvalue weighted by Gasteiger charge is -2.04. The van der Waals surface area contributed by atoms with Gasteiger partial charge >= 0.3 is 0 Å². The summed E-state index contributed by atoms with van der Waals surface area (Å²) in [5.74, 6) is 0.336. The first kappa shape index (κ1) is 17.6. The van der Waals surface area contributed by atoms with Crippen LogP contribution in [0.15, 0.2) is 52.5 Å². The smallest absolute Gasteiger partial charge is 0.266 e. The zero-order valence-corrected chi connectivity index (χ0v) is 16.5. The van der Waals surface area contributed by atoms with Crippen LogP contribution in [0.5, 0.6) is 0 Å². The molecule has 0 aliphatic heterocycles. The maximum Gasteiger partial charge on any atom is 0.287 e. The van der Waals surface area contributed by atoms with Crippen LogP contribution in [0.2, 0.25) is 0 Å². The van der Waals surface area contributed by atoms with Gasteiger partial charge in [0.25, 0.3) is 5.56 Å². The van der Waals surface area contributed by atoms with Crippen LogP contribution in [-0.2, 0) is 6.42 Å². The zero-order chi connectivity index (χ0) is 20.0. The number of benzene rings is 1. The van der Waals surface area contributed by atoms with Gasteiger partial charge in [0.05, 0.1) is 11.3 Å². The van der Waals surface area contributed by atoms with E-state index in [-0.39, 0.29) is 11.1 Å². The Kier molecular flexibility index (Phi) is 4.13. The molecule has 1 aromatic carbocycles. The molecule has 0 saturated heterocycles. The third kappa shape index (κ3) is 2.71. The quantitative estimate of drug-likeness (QED) is 0.459. The molecular weight excluding hydrogens is 388 g/mol. The summed E-state index contributed by atoms with van der Waals surface area (Å²) in [6, 6.07) is 11.8. The van der Waals surface area contributed by atoms with Gasteiger partial charge < -0.3 is 0 Å². The molecular formula is C19H16N8OS. The average molecular weight is 404 g/mol. The summed E-state index contributed by atoms with van der Waals surface area (Å²) >= 11 is 1.39. The van der Waals surface area contributed by atoms with Crippen molar-refractivity contribution < 1.29 is 0 Å². The van der Waals surface area contributed by atoms with Crippen molar-refractivity contribution in [1.82, 2.24) is 39.6 Å². The summed E-state index contributed by atoms with van der Waals surface area (Å²) in [6.45, 7) is 2.05. The normalized spacial score (nSPS) is 11.5. The van der Waals surface area contributed by atoms with E-state index < -0.39 is 0 Å². The highest BCUT2D eigenvalue weighted by atomic mass is 32.2. The molecule has 4 heterocycles. The highest BCUT2D eigenvalue weighted by molar-refractivity contribution is 7.98. The largest absolute Gasteiger partial charge is 0.287 e. The topological polar surface area (TPSA) is 107 Å². The van der Waals surface area contributed by atoms with E-state index in [2.05, 4.69) is 25.4 Å². The number of nitrogens with one attached hydrogen (secondary N) is 1. The minimum atomic E-state index is -0.337. The molecule has 0 bridgehead atoms. The van der Waals surface area contributed by atoms with E-state index in [1.807, 2.05) is 43.5 Å². The van der Waals surface area contributed by atoms with Gasteiger partial charge in [0, 0.05) is 6.20 Å². The lowest BCUT2D eigenvalue weighted by molar-refractivity contribution is 0.867. The van der Waals surface area contributed by atoms with E-state index in [1.54, 1.807) is 16.8 Å². The summed E-state index contributed by atoms with van der Waals surface area (Å²) in [7, 11) is 0. The Labute approximate surface area is 168 Å². The van der Waals surface area contributed by atoms with Crippen molar-refractivity contribution in [3.05, 3.63) is 58.6 Å². The number of hydrogen-bond donors (Lipinski definition) is 1. The Balaban J connectivity index is 1.77. The first-order valence-corrected chi connectivity index (χ1v) is 10.3. The van der Waals surface area contributed by atoms with Crippen LogP contribution in [0.4, 0.5) is 0 Å². The number of aromatic nitrogens is 8. The second-order valence-corrected chi connectivity index (χ2v) is 7.12. The first-order valence-electron chi connectivity index (χ1n) is 9.03. The Morgan fingerprint density at radius 1 is 1.14 bits per heavy atom. The van der Waals surface area contributed by atoms with Crippen LogP contribution in [0.3, 0.4) is 0 Å². The van der Waals surface area contributed by atoms with Crippen molar-refractivity contribution in [3.63, 3.8) is 0 Å². The molecule has 4 aromatic heterocycles. The fourth-order valence-electron chi connectivity index (χ4n) is 3.34. The second kappa shape index (κ2) is 6.82. The lowest BCUT2D eigenvalue weighted by Crippen LogP contribution is -2.21. The van der Waals surface area contributed by atoms with E-state index >= 15 is 0 Å². The summed E-state index contributed by atoms with van der Waals surface area (Å²) in [4.78, 5) is 17.3. The molecule has 1 N–H and O–H groups in total. The summed E-state index contributed by atoms with van der Waals surface area (Å²) < 4.78 is 3.07. The molecule has 9 nitrogen and oxygen atoms in total. The average Bonchev–Trinajstić information content (AvgIpc) is 3.39. The van der Waals surface area contributed by atoms with Crippen molar-refractivity contribution in [1.29, 1.82) is 0 Å². The molecule has 5 rings (SSSR count). The van der Waals surface area contributed by atoms with Crippen molar-refractivity contribution in [2.45, 2.75) is 18.5 Å². The number of thioether (sulfide) groups is 1. The molecule has 0 spiro atoms. The molecule has 0 unspecified atom stereocenters. The second-order valence-electron chi connectivity index (χ2n) is 6.35. The fraction of sp³-hybridized carbons (Fsp3) is 0.158. The predicted molar refractivity (Wildman–Crippen MR) is 110 cm³/mol. The number of aryl methyl sites for hydroxylation is 1. The first-order chi connectivity index (χ1) is 14.2. The number of rotatable bonds is 4. The van der Waals surface area contributed by atoms with Gasteiger partial charge in [-0.2, -0.15) is 10.1 Å². The lowest BCUT2D eigenvalue weighted by atomic mass is 10.0. The van der Waals surface area contributed by atoms with E-state index in [0.717, 1.165) is 23.2 Å². The van der Waals surface area contributed by atoms with Crippen molar-refractivity contribution in [2.75, 3.05) is 6.26 Å². The van der Waals surface area contributed by atoms with Gasteiger partial charge in [-0.3, -0.25) is 9.36 Å². The maximum atomic E-state index is 13.0. The predicted octanol–water partition coefficient (Wildman–Crippen LogP) is 2.50. The van der Waals surface area contributed by atoms with Gasteiger partial charge in [0.1, 0.15) is 5.52 Å². The molecule has 0 aliphatic rings. The molecule has 144 valence electrons. The third-order valence-electron chi connectivity index (χ3n) is 4.71. The van der Waals surface area contributed by atoms with Gasteiger partial charge in [-0.05, 0) is 24.3 Å². The molecule has 10 heteroatoms. The number of fused-ring (bicyclic) bond motifs is 3. The standard InChI is InChI=1S/C19H16N8OS/c1-3-12-14(11-7-5-4-6-8-11)16-22-21-15-13(27(16)25-12)9-10-26(17(15)28)18-20-19(29-2)24-23-18/h4-10H,3H2,1-2H3,(H,20,23,24). The summed E-state index contributed by atoms with van der Waals surface area (Å²) in [5, 5.41) is 20.7. The van der Waals surface area contributed by atoms with Gasteiger partial charge in [0.15, 0.2) is 11.2 Å². The zero-order valence-electron chi connectivity index (χ0n) is 15.7. The number of H-pyrrole nitrogens is 1. The molecule has 0 fully saturated rings. The van der Waals surface area contributed by atoms with Crippen molar-refractivity contribution >= 4 is 28.4 Å². The van der Waals surface area contributed by atoms with Crippen LogP contribution in [-0.4, -0.2) is 45.8 Å². The molecule has 5 aromatic rings. The minimum Gasteiger partial charge on any atom is -0.266 e. The summed E-state index contributed by atoms with van der Waals surface area (Å²) in [5.41, 5.74) is 3.96. The molecule has 29 heavy (non-hydrogen) atoms. The van der Waals surface area contributed by atoms with Crippen LogP contribution >= 0.6 is 11.8 Å². The fourth-order valence-corrected chi connectivity index (χ4v) is 3.66. The van der Waals surface area contributed by atoms with Crippen molar-refractivity contribution in [3.8, 4) is 17.1 Å².